The molecule has 0 fully saturated rings. The summed E-state index contributed by atoms with van der Waals surface area (Å²) in [7, 11) is 1.61. The quantitative estimate of drug-likeness (QED) is 0.656. The van der Waals surface area contributed by atoms with Crippen LogP contribution in [-0.2, 0) is 17.9 Å². The Labute approximate surface area is 158 Å². The lowest BCUT2D eigenvalue weighted by Crippen LogP contribution is -2.28. The van der Waals surface area contributed by atoms with Crippen LogP contribution in [0.25, 0.3) is 0 Å². The van der Waals surface area contributed by atoms with Gasteiger partial charge in [-0.3, -0.25) is 9.59 Å². The summed E-state index contributed by atoms with van der Waals surface area (Å²) in [5.74, 6) is 0.540. The summed E-state index contributed by atoms with van der Waals surface area (Å²) in [6.45, 7) is 2.42. The summed E-state index contributed by atoms with van der Waals surface area (Å²) in [5.41, 5.74) is 3.05. The molecule has 0 unspecified atom stereocenters. The van der Waals surface area contributed by atoms with E-state index < -0.39 is 0 Å². The van der Waals surface area contributed by atoms with Crippen LogP contribution < -0.4 is 10.1 Å². The van der Waals surface area contributed by atoms with Crippen LogP contribution in [0.5, 0.6) is 5.75 Å². The number of ketones is 1. The molecule has 5 nitrogen and oxygen atoms in total. The number of carbonyl (C=O) groups is 2. The van der Waals surface area contributed by atoms with Gasteiger partial charge in [0.25, 0.3) is 0 Å². The first-order valence-corrected chi connectivity index (χ1v) is 8.73. The Hall–Kier alpha value is -3.34. The highest BCUT2D eigenvalue weighted by molar-refractivity contribution is 6.09. The monoisotopic (exact) mass is 362 g/mol. The van der Waals surface area contributed by atoms with Crippen molar-refractivity contribution in [2.45, 2.75) is 20.0 Å². The van der Waals surface area contributed by atoms with Crippen molar-refractivity contribution in [3.8, 4) is 5.75 Å². The van der Waals surface area contributed by atoms with Crippen LogP contribution in [0, 0.1) is 6.92 Å². The molecule has 0 saturated carbocycles. The average Bonchev–Trinajstić information content (AvgIpc) is 3.14. The van der Waals surface area contributed by atoms with E-state index in [0.717, 1.165) is 16.9 Å². The maximum Gasteiger partial charge on any atom is 0.240 e. The Bertz CT molecular complexity index is 942. The molecule has 0 aliphatic rings. The summed E-state index contributed by atoms with van der Waals surface area (Å²) in [4.78, 5) is 25.1. The van der Waals surface area contributed by atoms with Gasteiger partial charge in [0.1, 0.15) is 12.3 Å². The van der Waals surface area contributed by atoms with Gasteiger partial charge in [0.2, 0.25) is 11.7 Å². The minimum atomic E-state index is -0.152. The molecule has 0 saturated heterocycles. The smallest absolute Gasteiger partial charge is 0.240 e. The van der Waals surface area contributed by atoms with Gasteiger partial charge >= 0.3 is 0 Å². The summed E-state index contributed by atoms with van der Waals surface area (Å²) in [5, 5.41) is 2.88. The van der Waals surface area contributed by atoms with Crippen molar-refractivity contribution >= 4 is 11.7 Å². The van der Waals surface area contributed by atoms with Crippen LogP contribution in [0.2, 0.25) is 0 Å². The first-order valence-electron chi connectivity index (χ1n) is 8.73. The molecule has 3 rings (SSSR count). The van der Waals surface area contributed by atoms with E-state index in [1.807, 2.05) is 49.4 Å². The lowest BCUT2D eigenvalue weighted by atomic mass is 10.0. The summed E-state index contributed by atoms with van der Waals surface area (Å²) in [6, 6.07) is 18.5. The minimum absolute atomic E-state index is 0.0824. The number of methoxy groups -OCH3 is 1. The maximum absolute atomic E-state index is 12.8. The zero-order valence-electron chi connectivity index (χ0n) is 15.4. The van der Waals surface area contributed by atoms with Gasteiger partial charge in [0.05, 0.1) is 12.8 Å². The SMILES string of the molecule is COc1ccc(CNC(=O)Cn2cccc2C(=O)c2ccccc2C)cc1. The zero-order valence-corrected chi connectivity index (χ0v) is 15.4. The number of aryl methyl sites for hydroxylation is 1. The molecule has 0 radical (unpaired) electrons. The number of amides is 1. The van der Waals surface area contributed by atoms with Gasteiger partial charge in [-0.15, -0.1) is 0 Å². The van der Waals surface area contributed by atoms with Crippen LogP contribution in [0.3, 0.4) is 0 Å². The van der Waals surface area contributed by atoms with Crippen LogP contribution >= 0.6 is 0 Å². The van der Waals surface area contributed by atoms with E-state index in [1.54, 1.807) is 36.1 Å². The highest BCUT2D eigenvalue weighted by Gasteiger charge is 2.16. The van der Waals surface area contributed by atoms with Crippen LogP contribution in [-0.4, -0.2) is 23.4 Å². The number of hydrogen-bond donors (Lipinski definition) is 1. The zero-order chi connectivity index (χ0) is 19.2. The molecule has 3 aromatic rings. The Morgan fingerprint density at radius 3 is 2.44 bits per heavy atom. The minimum Gasteiger partial charge on any atom is -0.497 e. The van der Waals surface area contributed by atoms with Gasteiger partial charge in [-0.05, 0) is 42.3 Å². The third kappa shape index (κ3) is 4.44. The molecule has 0 aliphatic carbocycles. The molecule has 1 aromatic heterocycles. The topological polar surface area (TPSA) is 60.3 Å². The Morgan fingerprint density at radius 1 is 1.00 bits per heavy atom. The molecule has 0 bridgehead atoms. The first-order chi connectivity index (χ1) is 13.1. The van der Waals surface area contributed by atoms with Gasteiger partial charge in [-0.2, -0.15) is 0 Å². The predicted octanol–water partition coefficient (Wildman–Crippen LogP) is 3.35. The van der Waals surface area contributed by atoms with E-state index in [4.69, 9.17) is 4.74 Å². The fourth-order valence-electron chi connectivity index (χ4n) is 2.88. The van der Waals surface area contributed by atoms with Crippen LogP contribution in [0.4, 0.5) is 0 Å². The number of benzene rings is 2. The molecule has 1 amide bonds. The molecule has 1 heterocycles. The van der Waals surface area contributed by atoms with Crippen molar-refractivity contribution < 1.29 is 14.3 Å². The molecular formula is C22H22N2O3. The lowest BCUT2D eigenvalue weighted by molar-refractivity contribution is -0.121. The molecule has 5 heteroatoms. The van der Waals surface area contributed by atoms with E-state index in [-0.39, 0.29) is 18.2 Å². The Morgan fingerprint density at radius 2 is 1.74 bits per heavy atom. The second-order valence-electron chi connectivity index (χ2n) is 6.29. The fourth-order valence-corrected chi connectivity index (χ4v) is 2.88. The third-order valence-electron chi connectivity index (χ3n) is 4.41. The van der Waals surface area contributed by atoms with Gasteiger partial charge in [-0.25, -0.2) is 0 Å². The predicted molar refractivity (Wildman–Crippen MR) is 104 cm³/mol. The lowest BCUT2D eigenvalue weighted by Gasteiger charge is -2.11. The van der Waals surface area contributed by atoms with Crippen LogP contribution in [0.15, 0.2) is 66.9 Å². The van der Waals surface area contributed by atoms with Crippen molar-refractivity contribution in [2.75, 3.05) is 7.11 Å². The van der Waals surface area contributed by atoms with E-state index >= 15 is 0 Å². The van der Waals surface area contributed by atoms with Crippen molar-refractivity contribution in [2.24, 2.45) is 0 Å². The molecule has 138 valence electrons. The van der Waals surface area contributed by atoms with Crippen LogP contribution in [0.1, 0.15) is 27.2 Å². The van der Waals surface area contributed by atoms with E-state index in [1.165, 1.54) is 0 Å². The molecule has 27 heavy (non-hydrogen) atoms. The highest BCUT2D eigenvalue weighted by Crippen LogP contribution is 2.15. The average molecular weight is 362 g/mol. The highest BCUT2D eigenvalue weighted by atomic mass is 16.5. The normalized spacial score (nSPS) is 10.4. The van der Waals surface area contributed by atoms with Crippen molar-refractivity contribution in [3.05, 3.63) is 89.2 Å². The van der Waals surface area contributed by atoms with E-state index in [0.29, 0.717) is 17.8 Å². The van der Waals surface area contributed by atoms with Crippen molar-refractivity contribution in [1.82, 2.24) is 9.88 Å². The second kappa shape index (κ2) is 8.36. The first kappa shape index (κ1) is 18.5. The Balaban J connectivity index is 1.64. The third-order valence-corrected chi connectivity index (χ3v) is 4.41. The summed E-state index contributed by atoms with van der Waals surface area (Å²) < 4.78 is 6.80. The van der Waals surface area contributed by atoms with Gasteiger partial charge in [0, 0.05) is 18.3 Å². The molecular weight excluding hydrogens is 340 g/mol. The standard InChI is InChI=1S/C22H22N2O3/c1-16-6-3-4-7-19(16)22(26)20-8-5-13-24(20)15-21(25)23-14-17-9-11-18(27-2)12-10-17/h3-13H,14-15H2,1-2H3,(H,23,25). The largest absolute Gasteiger partial charge is 0.497 e. The van der Waals surface area contributed by atoms with Crippen molar-refractivity contribution in [1.29, 1.82) is 0 Å². The maximum atomic E-state index is 12.8. The van der Waals surface area contributed by atoms with Gasteiger partial charge in [0.15, 0.2) is 0 Å². The number of carbonyl (C=O) groups excluding carboxylic acids is 2. The summed E-state index contributed by atoms with van der Waals surface area (Å²) >= 11 is 0. The van der Waals surface area contributed by atoms with Gasteiger partial charge < -0.3 is 14.6 Å². The van der Waals surface area contributed by atoms with Crippen molar-refractivity contribution in [3.63, 3.8) is 0 Å². The molecule has 0 aliphatic heterocycles. The number of ether oxygens (including phenoxy) is 1. The summed E-state index contributed by atoms with van der Waals surface area (Å²) in [6.07, 6.45) is 1.75. The molecule has 1 N–H and O–H groups in total. The molecule has 2 aromatic carbocycles. The number of nitrogens with one attached hydrogen (secondary N) is 1. The molecule has 0 spiro atoms. The fraction of sp³-hybridized carbons (Fsp3) is 0.182. The Kier molecular flexibility index (Phi) is 5.71. The van der Waals surface area contributed by atoms with Gasteiger partial charge in [-0.1, -0.05) is 36.4 Å². The number of rotatable bonds is 7. The number of hydrogen-bond acceptors (Lipinski definition) is 3. The number of aromatic nitrogens is 1. The second-order valence-corrected chi connectivity index (χ2v) is 6.29. The molecule has 0 atom stereocenters. The van der Waals surface area contributed by atoms with E-state index in [9.17, 15) is 9.59 Å². The van der Waals surface area contributed by atoms with E-state index in [2.05, 4.69) is 5.32 Å². The number of nitrogens with zero attached hydrogens (tertiary/aromatic N) is 1.